The normalized spacial score (nSPS) is 11.7. The summed E-state index contributed by atoms with van der Waals surface area (Å²) < 4.78 is 47.1. The molecule has 0 unspecified atom stereocenters. The summed E-state index contributed by atoms with van der Waals surface area (Å²) in [5, 5.41) is 15.7. The Hall–Kier alpha value is -3.60. The molecule has 1 amide bonds. The number of carbonyl (C=O) groups is 1. The summed E-state index contributed by atoms with van der Waals surface area (Å²) in [6, 6.07) is 6.53. The number of carbonyl (C=O) groups excluding carboxylic acids is 1. The van der Waals surface area contributed by atoms with Crippen LogP contribution in [0.1, 0.15) is 44.3 Å². The Bertz CT molecular complexity index is 1360. The molecule has 12 heteroatoms. The number of nitrogens with zero attached hydrogens (tertiary/aromatic N) is 5. The molecular weight excluding hydrogens is 473 g/mol. The highest BCUT2D eigenvalue weighted by Crippen LogP contribution is 2.29. The van der Waals surface area contributed by atoms with Crippen molar-refractivity contribution in [3.8, 4) is 0 Å². The number of rotatable bonds is 6. The fourth-order valence-corrected chi connectivity index (χ4v) is 3.59. The molecule has 0 spiro atoms. The number of aryl methyl sites for hydroxylation is 2. The average molecular weight is 493 g/mol. The number of amides is 1. The van der Waals surface area contributed by atoms with Gasteiger partial charge < -0.3 is 9.84 Å². The number of benzene rings is 1. The smallest absolute Gasteiger partial charge is 0.361 e. The first-order valence-corrected chi connectivity index (χ1v) is 10.6. The van der Waals surface area contributed by atoms with Crippen LogP contribution in [0.15, 0.2) is 41.1 Å². The van der Waals surface area contributed by atoms with Crippen molar-refractivity contribution in [2.45, 2.75) is 40.0 Å². The fraction of sp³-hybridized carbons (Fsp3) is 0.273. The first-order chi connectivity index (χ1) is 16.0. The van der Waals surface area contributed by atoms with E-state index in [1.807, 2.05) is 6.92 Å². The minimum absolute atomic E-state index is 0.0774. The van der Waals surface area contributed by atoms with Gasteiger partial charge in [-0.2, -0.15) is 23.4 Å². The summed E-state index contributed by atoms with van der Waals surface area (Å²) in [6.07, 6.45) is -2.87. The molecule has 0 bridgehead atoms. The maximum absolute atomic E-state index is 12.9. The van der Waals surface area contributed by atoms with Crippen LogP contribution >= 0.6 is 11.6 Å². The Morgan fingerprint density at radius 1 is 1.15 bits per heavy atom. The molecule has 8 nitrogen and oxygen atoms in total. The van der Waals surface area contributed by atoms with E-state index >= 15 is 0 Å². The second-order valence-corrected chi connectivity index (χ2v) is 8.14. The second-order valence-electron chi connectivity index (χ2n) is 7.76. The summed E-state index contributed by atoms with van der Waals surface area (Å²) in [4.78, 5) is 12.9. The van der Waals surface area contributed by atoms with Gasteiger partial charge in [0.1, 0.15) is 5.76 Å². The first kappa shape index (κ1) is 23.6. The van der Waals surface area contributed by atoms with Crippen LogP contribution in [-0.4, -0.2) is 30.6 Å². The van der Waals surface area contributed by atoms with Gasteiger partial charge in [0.05, 0.1) is 35.1 Å². The number of hydrogen-bond donors (Lipinski definition) is 1. The number of anilines is 1. The molecule has 0 saturated heterocycles. The second kappa shape index (κ2) is 8.98. The molecule has 1 N–H and O–H groups in total. The molecular formula is C22H20ClF3N6O2. The van der Waals surface area contributed by atoms with Crippen molar-refractivity contribution in [3.63, 3.8) is 0 Å². The average Bonchev–Trinajstić information content (AvgIpc) is 3.43. The lowest BCUT2D eigenvalue weighted by molar-refractivity contribution is -0.137. The molecule has 4 aromatic rings. The molecule has 0 saturated carbocycles. The van der Waals surface area contributed by atoms with Gasteiger partial charge >= 0.3 is 6.18 Å². The first-order valence-electron chi connectivity index (χ1n) is 10.2. The summed E-state index contributed by atoms with van der Waals surface area (Å²) in [5.41, 5.74) is 1.74. The Morgan fingerprint density at radius 2 is 1.91 bits per heavy atom. The van der Waals surface area contributed by atoms with E-state index in [1.54, 1.807) is 36.9 Å². The molecule has 0 aliphatic rings. The highest BCUT2D eigenvalue weighted by Gasteiger charge is 2.30. The quantitative estimate of drug-likeness (QED) is 0.408. The Labute approximate surface area is 197 Å². The van der Waals surface area contributed by atoms with Crippen LogP contribution in [0.5, 0.6) is 0 Å². The third kappa shape index (κ3) is 4.84. The number of hydrogen-bond acceptors (Lipinski definition) is 5. The van der Waals surface area contributed by atoms with Gasteiger partial charge in [0.15, 0.2) is 11.5 Å². The van der Waals surface area contributed by atoms with Crippen LogP contribution in [0.25, 0.3) is 0 Å². The monoisotopic (exact) mass is 492 g/mol. The van der Waals surface area contributed by atoms with Crippen LogP contribution < -0.4 is 5.32 Å². The lowest BCUT2D eigenvalue weighted by Crippen LogP contribution is -2.17. The molecule has 178 valence electrons. The zero-order valence-corrected chi connectivity index (χ0v) is 19.2. The largest absolute Gasteiger partial charge is 0.416 e. The third-order valence-corrected chi connectivity index (χ3v) is 5.83. The topological polar surface area (TPSA) is 90.8 Å². The molecule has 0 fully saturated rings. The zero-order chi connectivity index (χ0) is 24.6. The highest BCUT2D eigenvalue weighted by molar-refractivity contribution is 6.31. The van der Waals surface area contributed by atoms with E-state index in [0.29, 0.717) is 27.6 Å². The van der Waals surface area contributed by atoms with Crippen molar-refractivity contribution in [3.05, 3.63) is 81.1 Å². The Balaban J connectivity index is 1.48. The van der Waals surface area contributed by atoms with Gasteiger partial charge in [0.25, 0.3) is 5.91 Å². The molecule has 1 aromatic carbocycles. The van der Waals surface area contributed by atoms with E-state index in [-0.39, 0.29) is 24.6 Å². The highest BCUT2D eigenvalue weighted by atomic mass is 35.5. The van der Waals surface area contributed by atoms with Crippen molar-refractivity contribution in [2.75, 3.05) is 5.32 Å². The molecule has 3 heterocycles. The number of alkyl halides is 3. The molecule has 0 atom stereocenters. The van der Waals surface area contributed by atoms with Gasteiger partial charge in [-0.1, -0.05) is 28.9 Å². The van der Waals surface area contributed by atoms with E-state index in [1.165, 1.54) is 10.7 Å². The van der Waals surface area contributed by atoms with Gasteiger partial charge in [-0.15, -0.1) is 0 Å². The van der Waals surface area contributed by atoms with E-state index in [4.69, 9.17) is 16.1 Å². The lowest BCUT2D eigenvalue weighted by atomic mass is 10.1. The summed E-state index contributed by atoms with van der Waals surface area (Å²) >= 11 is 6.21. The molecule has 0 radical (unpaired) electrons. The van der Waals surface area contributed by atoms with Crippen LogP contribution in [0.4, 0.5) is 19.0 Å². The van der Waals surface area contributed by atoms with Crippen LogP contribution in [0, 0.1) is 20.8 Å². The summed E-state index contributed by atoms with van der Waals surface area (Å²) in [6.45, 7) is 5.64. The van der Waals surface area contributed by atoms with E-state index in [0.717, 1.165) is 17.8 Å². The summed E-state index contributed by atoms with van der Waals surface area (Å²) in [5.74, 6) is 0.144. The van der Waals surface area contributed by atoms with Crippen molar-refractivity contribution < 1.29 is 22.5 Å². The predicted molar refractivity (Wildman–Crippen MR) is 118 cm³/mol. The number of halogens is 4. The molecule has 4 rings (SSSR count). The fourth-order valence-electron chi connectivity index (χ4n) is 3.46. The van der Waals surface area contributed by atoms with Crippen molar-refractivity contribution in [2.24, 2.45) is 0 Å². The molecule has 0 aliphatic heterocycles. The van der Waals surface area contributed by atoms with Gasteiger partial charge in [-0.3, -0.25) is 14.2 Å². The van der Waals surface area contributed by atoms with Crippen molar-refractivity contribution >= 4 is 23.3 Å². The lowest BCUT2D eigenvalue weighted by Gasteiger charge is -2.09. The van der Waals surface area contributed by atoms with Crippen molar-refractivity contribution in [1.82, 2.24) is 24.7 Å². The zero-order valence-electron chi connectivity index (χ0n) is 18.4. The summed E-state index contributed by atoms with van der Waals surface area (Å²) in [7, 11) is 0. The maximum Gasteiger partial charge on any atom is 0.416 e. The van der Waals surface area contributed by atoms with Crippen LogP contribution in [0.2, 0.25) is 5.02 Å². The molecule has 3 aromatic heterocycles. The van der Waals surface area contributed by atoms with Gasteiger partial charge in [0.2, 0.25) is 0 Å². The van der Waals surface area contributed by atoms with Crippen LogP contribution in [-0.2, 0) is 19.3 Å². The molecule has 34 heavy (non-hydrogen) atoms. The Morgan fingerprint density at radius 3 is 2.59 bits per heavy atom. The SMILES string of the molecule is Cc1nn(Cc2c(C(=O)Nc3ccn(Cc4cccc(C(F)(F)F)c4)n3)noc2C)c(C)c1Cl. The predicted octanol–water partition coefficient (Wildman–Crippen LogP) is 5.01. The van der Waals surface area contributed by atoms with Crippen molar-refractivity contribution in [1.29, 1.82) is 0 Å². The Kier molecular flexibility index (Phi) is 6.22. The van der Waals surface area contributed by atoms with E-state index in [9.17, 15) is 18.0 Å². The third-order valence-electron chi connectivity index (χ3n) is 5.28. The van der Waals surface area contributed by atoms with Crippen LogP contribution in [0.3, 0.4) is 0 Å². The number of aromatic nitrogens is 5. The molecule has 0 aliphatic carbocycles. The van der Waals surface area contributed by atoms with Gasteiger partial charge in [-0.25, -0.2) is 0 Å². The number of nitrogens with one attached hydrogen (secondary N) is 1. The standard InChI is InChI=1S/C22H20ClF3N6O2/c1-12-19(23)13(2)32(28-12)11-17-14(3)34-30-20(17)21(33)27-18-7-8-31(29-18)10-15-5-4-6-16(9-15)22(24,25)26/h4-9H,10-11H2,1-3H3,(H,27,29,33). The minimum atomic E-state index is -4.43. The van der Waals surface area contributed by atoms with E-state index in [2.05, 4.69) is 20.7 Å². The minimum Gasteiger partial charge on any atom is -0.361 e. The van der Waals surface area contributed by atoms with E-state index < -0.39 is 17.6 Å². The van der Waals surface area contributed by atoms with Gasteiger partial charge in [0, 0.05) is 17.8 Å². The van der Waals surface area contributed by atoms with Gasteiger partial charge in [-0.05, 0) is 38.5 Å². The maximum atomic E-state index is 12.9.